The largest absolute Gasteiger partial charge is 0.341 e. The molecule has 1 N–H and O–H groups in total. The van der Waals surface area contributed by atoms with Gasteiger partial charge in [0.15, 0.2) is 0 Å². The molecule has 0 radical (unpaired) electrons. The number of rotatable bonds is 3. The van der Waals surface area contributed by atoms with E-state index in [9.17, 15) is 0 Å². The molecule has 1 rings (SSSR count). The van der Waals surface area contributed by atoms with E-state index >= 15 is 0 Å². The van der Waals surface area contributed by atoms with Gasteiger partial charge < -0.3 is 5.32 Å². The number of nitrogens with one attached hydrogen (secondary N) is 1. The number of anilines is 1. The molecule has 0 aromatic heterocycles. The van der Waals surface area contributed by atoms with E-state index in [1.165, 1.54) is 11.8 Å². The minimum absolute atomic E-state index is 0.604. The van der Waals surface area contributed by atoms with Gasteiger partial charge in [-0.2, -0.15) is 0 Å². The van der Waals surface area contributed by atoms with Crippen molar-refractivity contribution >= 4 is 45.6 Å². The maximum absolute atomic E-state index is 5.62. The van der Waals surface area contributed by atoms with Crippen LogP contribution in [0.2, 0.25) is 0 Å². The van der Waals surface area contributed by atoms with E-state index in [1.807, 2.05) is 30.3 Å². The monoisotopic (exact) mass is 243 g/mol. The molecular weight excluding hydrogens is 234 g/mol. The van der Waals surface area contributed by atoms with Crippen molar-refractivity contribution in [3.05, 3.63) is 41.9 Å². The first-order valence-electron chi connectivity index (χ1n) is 4.00. The van der Waals surface area contributed by atoms with Gasteiger partial charge in [0.05, 0.1) is 0 Å². The average Bonchev–Trinajstić information content (AvgIpc) is 2.16. The highest BCUT2D eigenvalue weighted by Gasteiger charge is 1.98. The van der Waals surface area contributed by atoms with E-state index in [-0.39, 0.29) is 0 Å². The van der Waals surface area contributed by atoms with E-state index in [0.29, 0.717) is 15.1 Å². The Labute approximate surface area is 98.5 Å². The summed E-state index contributed by atoms with van der Waals surface area (Å²) in [6, 6.07) is 9.79. The standard InChI is InChI=1S/C10H10ClNS2/c1-8(11)7-14-10(13)12-9-5-3-2-4-6-9/h2-6H,1,7H2,(H,12,13). The quantitative estimate of drug-likeness (QED) is 0.810. The zero-order chi connectivity index (χ0) is 10.4. The van der Waals surface area contributed by atoms with Crippen LogP contribution in [0.5, 0.6) is 0 Å². The zero-order valence-corrected chi connectivity index (χ0v) is 9.88. The lowest BCUT2D eigenvalue weighted by molar-refractivity contribution is 1.66. The minimum atomic E-state index is 0.604. The highest BCUT2D eigenvalue weighted by molar-refractivity contribution is 8.23. The summed E-state index contributed by atoms with van der Waals surface area (Å²) < 4.78 is 0.706. The smallest absolute Gasteiger partial charge is 0.138 e. The Bertz CT molecular complexity index is 324. The second-order valence-electron chi connectivity index (χ2n) is 2.58. The number of benzene rings is 1. The molecule has 0 amide bonds. The molecule has 0 unspecified atom stereocenters. The lowest BCUT2D eigenvalue weighted by atomic mass is 10.3. The number of para-hydroxylation sites is 1. The normalized spacial score (nSPS) is 9.50. The number of halogens is 1. The fourth-order valence-corrected chi connectivity index (χ4v) is 1.76. The van der Waals surface area contributed by atoms with Gasteiger partial charge in [-0.05, 0) is 12.1 Å². The third-order valence-electron chi connectivity index (χ3n) is 1.38. The highest BCUT2D eigenvalue weighted by Crippen LogP contribution is 2.14. The molecule has 14 heavy (non-hydrogen) atoms. The molecular formula is C10H10ClNS2. The third-order valence-corrected chi connectivity index (χ3v) is 2.98. The van der Waals surface area contributed by atoms with Gasteiger partial charge in [0, 0.05) is 16.5 Å². The Hall–Kier alpha value is -0.510. The van der Waals surface area contributed by atoms with Crippen molar-refractivity contribution in [2.45, 2.75) is 0 Å². The summed E-state index contributed by atoms with van der Waals surface area (Å²) in [5.41, 5.74) is 0.991. The molecule has 1 aromatic carbocycles. The molecule has 0 aliphatic carbocycles. The predicted molar refractivity (Wildman–Crippen MR) is 70.1 cm³/mol. The maximum Gasteiger partial charge on any atom is 0.138 e. The molecule has 0 spiro atoms. The Morgan fingerprint density at radius 1 is 1.43 bits per heavy atom. The molecule has 0 bridgehead atoms. The van der Waals surface area contributed by atoms with Crippen molar-refractivity contribution in [2.75, 3.05) is 11.1 Å². The van der Waals surface area contributed by atoms with Gasteiger partial charge in [0.2, 0.25) is 0 Å². The number of thiocarbonyl (C=S) groups is 1. The molecule has 1 aromatic rings. The van der Waals surface area contributed by atoms with Crippen molar-refractivity contribution in [3.63, 3.8) is 0 Å². The molecule has 0 fully saturated rings. The fourth-order valence-electron chi connectivity index (χ4n) is 0.819. The Balaban J connectivity index is 2.38. The van der Waals surface area contributed by atoms with Gasteiger partial charge in [-0.25, -0.2) is 0 Å². The molecule has 0 atom stereocenters. The molecule has 0 saturated heterocycles. The molecule has 1 nitrogen and oxygen atoms in total. The van der Waals surface area contributed by atoms with Gasteiger partial charge in [-0.3, -0.25) is 0 Å². The number of thioether (sulfide) groups is 1. The maximum atomic E-state index is 5.62. The van der Waals surface area contributed by atoms with Crippen molar-refractivity contribution < 1.29 is 0 Å². The van der Waals surface area contributed by atoms with Gasteiger partial charge >= 0.3 is 0 Å². The summed E-state index contributed by atoms with van der Waals surface area (Å²) in [5.74, 6) is 0.639. The number of hydrogen-bond donors (Lipinski definition) is 1. The van der Waals surface area contributed by atoms with Gasteiger partial charge in [0.1, 0.15) is 4.32 Å². The van der Waals surface area contributed by atoms with Crippen molar-refractivity contribution in [1.29, 1.82) is 0 Å². The first-order valence-corrected chi connectivity index (χ1v) is 5.78. The molecule has 0 aliphatic heterocycles. The lowest BCUT2D eigenvalue weighted by Gasteiger charge is -2.05. The summed E-state index contributed by atoms with van der Waals surface area (Å²) in [5, 5.41) is 3.70. The zero-order valence-electron chi connectivity index (χ0n) is 7.50. The summed E-state index contributed by atoms with van der Waals surface area (Å²) in [7, 11) is 0. The van der Waals surface area contributed by atoms with E-state index in [4.69, 9.17) is 23.8 Å². The minimum Gasteiger partial charge on any atom is -0.341 e. The topological polar surface area (TPSA) is 12.0 Å². The van der Waals surface area contributed by atoms with Crippen LogP contribution in [0, 0.1) is 0 Å². The van der Waals surface area contributed by atoms with Crippen LogP contribution >= 0.6 is 35.6 Å². The van der Waals surface area contributed by atoms with Crippen LogP contribution in [0.4, 0.5) is 5.69 Å². The van der Waals surface area contributed by atoms with Crippen LogP contribution in [-0.4, -0.2) is 10.1 Å². The Morgan fingerprint density at radius 3 is 2.64 bits per heavy atom. The lowest BCUT2D eigenvalue weighted by Crippen LogP contribution is -2.04. The average molecular weight is 244 g/mol. The molecule has 0 heterocycles. The number of hydrogen-bond acceptors (Lipinski definition) is 2. The van der Waals surface area contributed by atoms with Crippen LogP contribution in [0.25, 0.3) is 0 Å². The summed E-state index contributed by atoms with van der Waals surface area (Å²) in [4.78, 5) is 0. The Kier molecular flexibility index (Phi) is 5.01. The first-order chi connectivity index (χ1) is 6.68. The van der Waals surface area contributed by atoms with Crippen LogP contribution < -0.4 is 5.32 Å². The van der Waals surface area contributed by atoms with Crippen LogP contribution in [0.3, 0.4) is 0 Å². The molecule has 74 valence electrons. The fraction of sp³-hybridized carbons (Fsp3) is 0.100. The van der Waals surface area contributed by atoms with Crippen molar-refractivity contribution in [3.8, 4) is 0 Å². The summed E-state index contributed by atoms with van der Waals surface area (Å²) in [6.45, 7) is 3.59. The molecule has 0 saturated carbocycles. The van der Waals surface area contributed by atoms with Gasteiger partial charge in [-0.15, -0.1) is 0 Å². The SMILES string of the molecule is C=C(Cl)CSC(=S)Nc1ccccc1. The van der Waals surface area contributed by atoms with E-state index in [1.54, 1.807) is 0 Å². The highest BCUT2D eigenvalue weighted by atomic mass is 35.5. The van der Waals surface area contributed by atoms with E-state index in [0.717, 1.165) is 5.69 Å². The van der Waals surface area contributed by atoms with E-state index in [2.05, 4.69) is 11.9 Å². The van der Waals surface area contributed by atoms with Crippen LogP contribution in [0.15, 0.2) is 41.9 Å². The molecule has 0 aliphatic rings. The van der Waals surface area contributed by atoms with E-state index < -0.39 is 0 Å². The summed E-state index contributed by atoms with van der Waals surface area (Å²) >= 11 is 12.2. The molecule has 4 heteroatoms. The van der Waals surface area contributed by atoms with Gasteiger partial charge in [-0.1, -0.05) is 60.4 Å². The second-order valence-corrected chi connectivity index (χ2v) is 4.77. The van der Waals surface area contributed by atoms with Crippen molar-refractivity contribution in [2.24, 2.45) is 0 Å². The Morgan fingerprint density at radius 2 is 2.07 bits per heavy atom. The summed E-state index contributed by atoms with van der Waals surface area (Å²) in [6.07, 6.45) is 0. The van der Waals surface area contributed by atoms with Crippen LogP contribution in [-0.2, 0) is 0 Å². The van der Waals surface area contributed by atoms with Crippen molar-refractivity contribution in [1.82, 2.24) is 0 Å². The van der Waals surface area contributed by atoms with Gasteiger partial charge in [0.25, 0.3) is 0 Å². The van der Waals surface area contributed by atoms with Crippen LogP contribution in [0.1, 0.15) is 0 Å². The third kappa shape index (κ3) is 4.65. The first kappa shape index (κ1) is 11.6. The second kappa shape index (κ2) is 6.06. The predicted octanol–water partition coefficient (Wildman–Crippen LogP) is 3.87.